The molecular formula is C94H54N8O16. The van der Waals surface area contributed by atoms with Gasteiger partial charge < -0.3 is 42.5 Å². The van der Waals surface area contributed by atoms with Gasteiger partial charge in [-0.25, -0.2) is 0 Å². The standard InChI is InChI=1S/C94H54N8O16/c103-79-55-33-17-41-67(75(55)83(107)51-29-13-37-63(71(51)79)95-87(111)47-21-5-1-6-22-47)99-91(115)59-45-61(93(117)101-69-43-19-35-57-77(69)85(109)53-31-15-39-65(73(53)81(57)105)97-89(113)49-25-9-3-10-26-49)62(94(118)102-70-44-20-36-58-78(70)86(110)54-32-16-40-66(74(54)82(58)106)98-90(114)50-27-11-4-12-28-50)46-60(59)92(116)100-68-42-18-34-56-76(68)84(108)52-30-14-38-64(72(52)80(56)104)96-88(112)48-23-7-2-8-24-48/h1-46H,(H,95,111)(H,96,112)(H,97,113)(H,98,114)(H,99,115)(H,100,116)(H,101,117)(H,102,118). The van der Waals surface area contributed by atoms with Crippen molar-refractivity contribution in [3.8, 4) is 0 Å². The summed E-state index contributed by atoms with van der Waals surface area (Å²) in [5.74, 6) is -14.0. The summed E-state index contributed by atoms with van der Waals surface area (Å²) in [6.45, 7) is 0. The van der Waals surface area contributed by atoms with E-state index in [1.54, 1.807) is 121 Å². The van der Waals surface area contributed by atoms with Crippen molar-refractivity contribution < 1.29 is 76.7 Å². The number of anilines is 8. The molecule has 0 aromatic heterocycles. The molecule has 118 heavy (non-hydrogen) atoms. The molecule has 4 aliphatic rings. The molecule has 0 radical (unpaired) electrons. The van der Waals surface area contributed by atoms with Gasteiger partial charge in [0.25, 0.3) is 47.3 Å². The Bertz CT molecular complexity index is 5970. The number of carbonyl (C=O) groups is 16. The van der Waals surface area contributed by atoms with Gasteiger partial charge in [0, 0.05) is 66.8 Å². The third kappa shape index (κ3) is 12.9. The highest BCUT2D eigenvalue weighted by atomic mass is 16.2. The van der Waals surface area contributed by atoms with Crippen molar-refractivity contribution in [3.05, 3.63) is 413 Å². The second-order valence-corrected chi connectivity index (χ2v) is 27.5. The number of hydrogen-bond donors (Lipinski definition) is 8. The molecule has 24 heteroatoms. The summed E-state index contributed by atoms with van der Waals surface area (Å²) in [7, 11) is 0. The van der Waals surface area contributed by atoms with E-state index in [1.807, 2.05) is 0 Å². The molecule has 0 saturated heterocycles. The van der Waals surface area contributed by atoms with E-state index in [2.05, 4.69) is 42.5 Å². The molecule has 0 saturated carbocycles. The lowest BCUT2D eigenvalue weighted by Crippen LogP contribution is -2.29. The zero-order valence-electron chi connectivity index (χ0n) is 61.1. The van der Waals surface area contributed by atoms with Crippen LogP contribution in [0, 0.1) is 0 Å². The normalized spacial score (nSPS) is 12.5. The Morgan fingerprint density at radius 2 is 0.288 bits per heavy atom. The summed E-state index contributed by atoms with van der Waals surface area (Å²) < 4.78 is 0. The van der Waals surface area contributed by atoms with Crippen LogP contribution >= 0.6 is 0 Å². The van der Waals surface area contributed by atoms with Crippen LogP contribution < -0.4 is 42.5 Å². The van der Waals surface area contributed by atoms with Crippen LogP contribution in [0.2, 0.25) is 0 Å². The molecule has 17 rings (SSSR count). The van der Waals surface area contributed by atoms with Crippen LogP contribution in [-0.4, -0.2) is 93.5 Å². The topological polar surface area (TPSA) is 369 Å². The number of benzene rings is 13. The summed E-state index contributed by atoms with van der Waals surface area (Å²) in [6.07, 6.45) is 0. The van der Waals surface area contributed by atoms with Gasteiger partial charge in [-0.05, 0) is 109 Å². The zero-order valence-corrected chi connectivity index (χ0v) is 61.1. The third-order valence-electron chi connectivity index (χ3n) is 20.6. The quantitative estimate of drug-likeness (QED) is 0.0445. The molecule has 0 fully saturated rings. The van der Waals surface area contributed by atoms with Crippen LogP contribution in [0.5, 0.6) is 0 Å². The van der Waals surface area contributed by atoms with Crippen LogP contribution in [0.3, 0.4) is 0 Å². The van der Waals surface area contributed by atoms with E-state index in [-0.39, 0.29) is 157 Å². The first-order chi connectivity index (χ1) is 57.2. The van der Waals surface area contributed by atoms with Crippen molar-refractivity contribution in [2.45, 2.75) is 0 Å². The fourth-order valence-corrected chi connectivity index (χ4v) is 15.0. The zero-order chi connectivity index (χ0) is 81.9. The Balaban J connectivity index is 0.794. The summed E-state index contributed by atoms with van der Waals surface area (Å²) in [5.41, 5.74) is -7.61. The number of carbonyl (C=O) groups excluding carboxylic acids is 16. The van der Waals surface area contributed by atoms with E-state index >= 15 is 38.4 Å². The van der Waals surface area contributed by atoms with Gasteiger partial charge >= 0.3 is 0 Å². The molecule has 24 nitrogen and oxygen atoms in total. The van der Waals surface area contributed by atoms with E-state index in [0.717, 1.165) is 12.1 Å². The minimum Gasteiger partial charge on any atom is -0.321 e. The Morgan fingerprint density at radius 3 is 0.432 bits per heavy atom. The van der Waals surface area contributed by atoms with Crippen molar-refractivity contribution in [1.82, 2.24) is 0 Å². The van der Waals surface area contributed by atoms with Gasteiger partial charge in [-0.2, -0.15) is 0 Å². The van der Waals surface area contributed by atoms with Gasteiger partial charge in [-0.3, -0.25) is 76.7 Å². The monoisotopic (exact) mass is 1550 g/mol. The maximum atomic E-state index is 15.9. The molecule has 13 aromatic rings. The molecule has 8 amide bonds. The maximum Gasteiger partial charge on any atom is 0.256 e. The molecular weight excluding hydrogens is 1500 g/mol. The van der Waals surface area contributed by atoms with Crippen molar-refractivity contribution in [3.63, 3.8) is 0 Å². The van der Waals surface area contributed by atoms with Gasteiger partial charge in [0.05, 0.1) is 112 Å². The fraction of sp³-hybridized carbons (Fsp3) is 0. The highest BCUT2D eigenvalue weighted by Gasteiger charge is 2.41. The van der Waals surface area contributed by atoms with Gasteiger partial charge in [0.1, 0.15) is 0 Å². The molecule has 0 aliphatic heterocycles. The van der Waals surface area contributed by atoms with Crippen LogP contribution in [-0.2, 0) is 0 Å². The molecule has 0 bridgehead atoms. The number of ketones is 8. The molecule has 0 heterocycles. The van der Waals surface area contributed by atoms with E-state index in [1.165, 1.54) is 146 Å². The summed E-state index contributed by atoms with van der Waals surface area (Å²) >= 11 is 0. The van der Waals surface area contributed by atoms with E-state index in [4.69, 9.17) is 0 Å². The maximum absolute atomic E-state index is 15.9. The minimum atomic E-state index is -1.32. The largest absolute Gasteiger partial charge is 0.321 e. The average molecular weight is 1550 g/mol. The molecule has 0 unspecified atom stereocenters. The fourth-order valence-electron chi connectivity index (χ4n) is 15.0. The molecule has 0 spiro atoms. The average Bonchev–Trinajstić information content (AvgIpc) is 0.753. The molecule has 8 N–H and O–H groups in total. The number of amides is 8. The molecule has 0 atom stereocenters. The first-order valence-corrected chi connectivity index (χ1v) is 36.5. The SMILES string of the molecule is O=C(Nc1cccc2c1C(=O)c1cccc(NC(=O)c3cc(C(=O)Nc4cccc5c4C(=O)c4cccc(NC(=O)c6ccccc6)c4C5=O)c(C(=O)Nc4cccc5c4C(=O)c4cccc(NC(=O)c6ccccc6)c4C5=O)cc3C(=O)Nc3cccc4c3C(=O)c3cccc(NC(=O)c5ccccc5)c3C4=O)c1C2=O)c1ccccc1. The lowest BCUT2D eigenvalue weighted by atomic mass is 9.82. The molecule has 13 aromatic carbocycles. The second kappa shape index (κ2) is 29.9. The molecule has 4 aliphatic carbocycles. The molecule has 566 valence electrons. The van der Waals surface area contributed by atoms with Crippen LogP contribution in [0.4, 0.5) is 45.5 Å². The Kier molecular flexibility index (Phi) is 18.7. The van der Waals surface area contributed by atoms with Crippen molar-refractivity contribution >= 4 is 139 Å². The van der Waals surface area contributed by atoms with E-state index in [0.29, 0.717) is 0 Å². The van der Waals surface area contributed by atoms with Gasteiger partial charge in [0.2, 0.25) is 0 Å². The number of fused-ring (bicyclic) bond motifs is 8. The van der Waals surface area contributed by atoms with E-state index in [9.17, 15) is 38.4 Å². The predicted molar refractivity (Wildman–Crippen MR) is 435 cm³/mol. The Morgan fingerprint density at radius 1 is 0.153 bits per heavy atom. The van der Waals surface area contributed by atoms with E-state index < -0.39 is 116 Å². The number of hydrogen-bond acceptors (Lipinski definition) is 16. The summed E-state index contributed by atoms with van der Waals surface area (Å²) in [6, 6.07) is 66.3. The number of rotatable bonds is 16. The smallest absolute Gasteiger partial charge is 0.256 e. The minimum absolute atomic E-state index is 0.0181. The number of nitrogens with one attached hydrogen (secondary N) is 8. The van der Waals surface area contributed by atoms with Crippen LogP contribution in [0.15, 0.2) is 279 Å². The lowest BCUT2D eigenvalue weighted by molar-refractivity contribution is 0.0972. The second-order valence-electron chi connectivity index (χ2n) is 27.5. The first kappa shape index (κ1) is 73.8. The first-order valence-electron chi connectivity index (χ1n) is 36.5. The van der Waals surface area contributed by atoms with Crippen molar-refractivity contribution in [2.75, 3.05) is 42.5 Å². The summed E-state index contributed by atoms with van der Waals surface area (Å²) in [5, 5.41) is 21.4. The van der Waals surface area contributed by atoms with Gasteiger partial charge in [-0.15, -0.1) is 0 Å². The van der Waals surface area contributed by atoms with Crippen LogP contribution in [0.25, 0.3) is 0 Å². The van der Waals surface area contributed by atoms with Gasteiger partial charge in [0.15, 0.2) is 46.3 Å². The van der Waals surface area contributed by atoms with Crippen molar-refractivity contribution in [2.24, 2.45) is 0 Å². The third-order valence-corrected chi connectivity index (χ3v) is 20.6. The van der Waals surface area contributed by atoms with Gasteiger partial charge in [-0.1, -0.05) is 170 Å². The van der Waals surface area contributed by atoms with Crippen molar-refractivity contribution in [1.29, 1.82) is 0 Å². The highest BCUT2D eigenvalue weighted by Crippen LogP contribution is 2.42. The Labute approximate surface area is 667 Å². The predicted octanol–water partition coefficient (Wildman–Crippen LogP) is 14.8. The lowest BCUT2D eigenvalue weighted by Gasteiger charge is -2.24. The summed E-state index contributed by atoms with van der Waals surface area (Å²) in [4.78, 5) is 238. The van der Waals surface area contributed by atoms with Crippen LogP contribution in [0.1, 0.15) is 210 Å². The Hall–Kier alpha value is -17.0. The highest BCUT2D eigenvalue weighted by molar-refractivity contribution is 6.38.